The summed E-state index contributed by atoms with van der Waals surface area (Å²) < 4.78 is 31.6. The van der Waals surface area contributed by atoms with Crippen LogP contribution in [-0.2, 0) is 22.4 Å². The van der Waals surface area contributed by atoms with Crippen LogP contribution in [0.3, 0.4) is 0 Å². The van der Waals surface area contributed by atoms with Crippen LogP contribution < -0.4 is 22.8 Å². The molecule has 0 saturated heterocycles. The first-order valence-electron chi connectivity index (χ1n) is 7.73. The molecule has 8 N–H and O–H groups in total. The van der Waals surface area contributed by atoms with Crippen molar-refractivity contribution in [2.75, 3.05) is 18.0 Å². The van der Waals surface area contributed by atoms with Gasteiger partial charge in [0, 0.05) is 29.5 Å². The molecular weight excluding hydrogens is 360 g/mol. The first-order valence-corrected chi connectivity index (χ1v) is 9.34. The maximum absolute atomic E-state index is 11.6. The van der Waals surface area contributed by atoms with Crippen LogP contribution in [0.15, 0.2) is 35.1 Å². The predicted molar refractivity (Wildman–Crippen MR) is 101 cm³/mol. The average molecular weight is 384 g/mol. The van der Waals surface area contributed by atoms with Crippen molar-refractivity contribution in [3.63, 3.8) is 0 Å². The number of aromatic nitrogens is 1. The van der Waals surface area contributed by atoms with Gasteiger partial charge in [0.1, 0.15) is 5.75 Å². The monoisotopic (exact) mass is 384 g/mol. The van der Waals surface area contributed by atoms with Crippen molar-refractivity contribution in [2.45, 2.75) is 25.6 Å². The van der Waals surface area contributed by atoms with Gasteiger partial charge in [-0.3, -0.25) is 13.9 Å². The summed E-state index contributed by atoms with van der Waals surface area (Å²) in [5.41, 5.74) is 17.4. The summed E-state index contributed by atoms with van der Waals surface area (Å²) in [6.45, 7) is 2.03. The van der Waals surface area contributed by atoms with Gasteiger partial charge in [0.25, 0.3) is 15.7 Å². The number of aromatic hydroxyl groups is 1. The van der Waals surface area contributed by atoms with E-state index in [1.807, 2.05) is 6.07 Å². The Morgan fingerprint density at radius 3 is 2.15 bits per heavy atom. The number of nitrogens with zero attached hydrogens (tertiary/aromatic N) is 1. The molecule has 0 aliphatic heterocycles. The molecule has 0 bridgehead atoms. The lowest BCUT2D eigenvalue weighted by molar-refractivity contribution is 0.396. The normalized spacial score (nSPS) is 10.9. The van der Waals surface area contributed by atoms with E-state index in [9.17, 15) is 18.3 Å². The van der Waals surface area contributed by atoms with Crippen LogP contribution in [0.4, 0.5) is 11.4 Å². The first kappa shape index (κ1) is 21.5. The van der Waals surface area contributed by atoms with Gasteiger partial charge in [-0.15, -0.1) is 0 Å². The molecule has 2 aromatic rings. The number of hydrogen-bond acceptors (Lipinski definition) is 7. The Morgan fingerprint density at radius 1 is 1.15 bits per heavy atom. The van der Waals surface area contributed by atoms with E-state index in [0.717, 1.165) is 4.57 Å². The summed E-state index contributed by atoms with van der Waals surface area (Å²) in [4.78, 5) is 11.6. The van der Waals surface area contributed by atoms with Crippen LogP contribution in [-0.4, -0.2) is 29.2 Å². The van der Waals surface area contributed by atoms with Crippen LogP contribution >= 0.6 is 0 Å². The first-order chi connectivity index (χ1) is 12.0. The van der Waals surface area contributed by atoms with E-state index in [-0.39, 0.29) is 12.1 Å². The number of aryl methyl sites for hydroxylation is 1. The lowest BCUT2D eigenvalue weighted by Gasteiger charge is -2.13. The highest BCUT2D eigenvalue weighted by molar-refractivity contribution is 7.85. The zero-order valence-electron chi connectivity index (χ0n) is 14.4. The average Bonchev–Trinajstić information content (AvgIpc) is 2.51. The molecule has 0 aliphatic carbocycles. The second-order valence-corrected chi connectivity index (χ2v) is 7.11. The molecule has 9 nitrogen and oxygen atoms in total. The molecule has 2 rings (SSSR count). The third kappa shape index (κ3) is 6.75. The molecule has 26 heavy (non-hydrogen) atoms. The fourth-order valence-corrected chi connectivity index (χ4v) is 2.90. The molecule has 0 aliphatic rings. The van der Waals surface area contributed by atoms with E-state index >= 15 is 0 Å². The minimum Gasteiger partial charge on any atom is -0.494 e. The highest BCUT2D eigenvalue weighted by Gasteiger charge is 2.17. The van der Waals surface area contributed by atoms with Crippen LogP contribution in [0, 0.1) is 6.92 Å². The van der Waals surface area contributed by atoms with Crippen molar-refractivity contribution in [1.82, 2.24) is 4.57 Å². The van der Waals surface area contributed by atoms with Crippen LogP contribution in [0.5, 0.6) is 5.88 Å². The van der Waals surface area contributed by atoms with E-state index < -0.39 is 27.3 Å². The SMILES string of the molecule is Cc1cc(=O)n(CCCN)c(O)c1CS(=O)(=O)O.Nc1cccc(N)c1. The van der Waals surface area contributed by atoms with Gasteiger partial charge in [-0.05, 0) is 43.7 Å². The summed E-state index contributed by atoms with van der Waals surface area (Å²) >= 11 is 0. The third-order valence-electron chi connectivity index (χ3n) is 3.43. The lowest BCUT2D eigenvalue weighted by atomic mass is 10.1. The molecule has 0 radical (unpaired) electrons. The molecule has 0 amide bonds. The quantitative estimate of drug-likeness (QED) is 0.364. The van der Waals surface area contributed by atoms with Gasteiger partial charge in [-0.1, -0.05) is 6.07 Å². The van der Waals surface area contributed by atoms with E-state index in [1.54, 1.807) is 18.2 Å². The molecule has 0 spiro atoms. The minimum absolute atomic E-state index is 0.0223. The largest absolute Gasteiger partial charge is 0.494 e. The molecule has 1 aromatic heterocycles. The number of hydrogen-bond donors (Lipinski definition) is 5. The van der Waals surface area contributed by atoms with Crippen LogP contribution in [0.2, 0.25) is 0 Å². The number of nitrogens with two attached hydrogens (primary N) is 3. The van der Waals surface area contributed by atoms with E-state index in [1.165, 1.54) is 13.0 Å². The fraction of sp³-hybridized carbons (Fsp3) is 0.312. The summed E-state index contributed by atoms with van der Waals surface area (Å²) in [5, 5.41) is 9.89. The molecule has 144 valence electrons. The van der Waals surface area contributed by atoms with Crippen LogP contribution in [0.25, 0.3) is 0 Å². The van der Waals surface area contributed by atoms with Crippen molar-refractivity contribution in [1.29, 1.82) is 0 Å². The molecule has 10 heteroatoms. The smallest absolute Gasteiger partial charge is 0.269 e. The van der Waals surface area contributed by atoms with E-state index in [2.05, 4.69) is 0 Å². The topological polar surface area (TPSA) is 175 Å². The Morgan fingerprint density at radius 2 is 1.73 bits per heavy atom. The molecule has 1 aromatic carbocycles. The molecule has 1 heterocycles. The summed E-state index contributed by atoms with van der Waals surface area (Å²) in [5.74, 6) is -1.17. The van der Waals surface area contributed by atoms with E-state index in [4.69, 9.17) is 21.8 Å². The predicted octanol–water partition coefficient (Wildman–Crippen LogP) is 0.450. The number of rotatable bonds is 5. The highest BCUT2D eigenvalue weighted by atomic mass is 32.2. The Kier molecular flexibility index (Phi) is 7.62. The third-order valence-corrected chi connectivity index (χ3v) is 4.08. The Bertz CT molecular complexity index is 892. The van der Waals surface area contributed by atoms with Gasteiger partial charge in [-0.25, -0.2) is 0 Å². The number of anilines is 2. The second kappa shape index (κ2) is 9.22. The molecule has 0 fully saturated rings. The fourth-order valence-electron chi connectivity index (χ4n) is 2.18. The highest BCUT2D eigenvalue weighted by Crippen LogP contribution is 2.21. The Hall–Kier alpha value is -2.56. The van der Waals surface area contributed by atoms with Gasteiger partial charge in [0.15, 0.2) is 5.88 Å². The van der Waals surface area contributed by atoms with Gasteiger partial charge in [-0.2, -0.15) is 8.42 Å². The maximum Gasteiger partial charge on any atom is 0.269 e. The van der Waals surface area contributed by atoms with Crippen molar-refractivity contribution < 1.29 is 18.1 Å². The standard InChI is InChI=1S/C10H16N2O5S.C6H8N2/c1-7-5-9(13)12(4-2-3-11)10(14)8(7)6-18(15,16)17;7-5-2-1-3-6(8)4-5/h5,14H,2-4,6,11H2,1H3,(H,15,16,17);1-4H,7-8H2. The van der Waals surface area contributed by atoms with Gasteiger partial charge in [0.2, 0.25) is 0 Å². The number of pyridine rings is 1. The van der Waals surface area contributed by atoms with Crippen molar-refractivity contribution in [3.8, 4) is 5.88 Å². The minimum atomic E-state index is -4.27. The molecule has 0 unspecified atom stereocenters. The van der Waals surface area contributed by atoms with Crippen LogP contribution in [0.1, 0.15) is 17.5 Å². The Labute approximate surface area is 151 Å². The summed E-state index contributed by atoms with van der Waals surface area (Å²) in [6, 6.07) is 8.37. The summed E-state index contributed by atoms with van der Waals surface area (Å²) in [6.07, 6.45) is 0.474. The Balaban J connectivity index is 0.000000350. The van der Waals surface area contributed by atoms with Gasteiger partial charge in [0.05, 0.1) is 0 Å². The zero-order chi connectivity index (χ0) is 19.9. The van der Waals surface area contributed by atoms with Crippen molar-refractivity contribution in [2.24, 2.45) is 5.73 Å². The maximum atomic E-state index is 11.6. The second-order valence-electron chi connectivity index (χ2n) is 5.66. The number of nitrogen functional groups attached to an aromatic ring is 2. The molecular formula is C16H24N4O5S. The van der Waals surface area contributed by atoms with Gasteiger partial charge >= 0.3 is 0 Å². The lowest BCUT2D eigenvalue weighted by Crippen LogP contribution is -2.23. The van der Waals surface area contributed by atoms with Crippen molar-refractivity contribution >= 4 is 21.5 Å². The molecule has 0 atom stereocenters. The van der Waals surface area contributed by atoms with Gasteiger partial charge < -0.3 is 22.3 Å². The van der Waals surface area contributed by atoms with Crippen molar-refractivity contribution in [3.05, 3.63) is 51.8 Å². The molecule has 0 saturated carbocycles. The zero-order valence-corrected chi connectivity index (χ0v) is 15.2. The number of benzene rings is 1. The van der Waals surface area contributed by atoms with E-state index in [0.29, 0.717) is 29.9 Å². The summed E-state index contributed by atoms with van der Waals surface area (Å²) in [7, 11) is -4.27.